The van der Waals surface area contributed by atoms with Crippen molar-refractivity contribution in [2.75, 3.05) is 24.5 Å². The standard InChI is InChI=1S/C21H22ClN5OS/c22-18-8-9-19(26-25-18)27-12-4-7-16(13-27)21(28)23-11-10-20-24-17(14-29-20)15-5-2-1-3-6-15/h1-3,5-6,8-9,14,16H,4,7,10-13H2,(H,23,28)/t16-/m1/s1. The molecule has 6 nitrogen and oxygen atoms in total. The van der Waals surface area contributed by atoms with Crippen molar-refractivity contribution >= 4 is 34.7 Å². The number of benzene rings is 1. The lowest BCUT2D eigenvalue weighted by Gasteiger charge is -2.32. The van der Waals surface area contributed by atoms with Crippen LogP contribution in [0, 0.1) is 5.92 Å². The normalized spacial score (nSPS) is 16.6. The molecule has 0 bridgehead atoms. The van der Waals surface area contributed by atoms with Gasteiger partial charge in [-0.15, -0.1) is 21.5 Å². The molecule has 29 heavy (non-hydrogen) atoms. The maximum atomic E-state index is 12.6. The van der Waals surface area contributed by atoms with E-state index in [4.69, 9.17) is 11.6 Å². The summed E-state index contributed by atoms with van der Waals surface area (Å²) >= 11 is 7.45. The van der Waals surface area contributed by atoms with E-state index in [0.717, 1.165) is 47.9 Å². The van der Waals surface area contributed by atoms with Gasteiger partial charge in [-0.2, -0.15) is 0 Å². The summed E-state index contributed by atoms with van der Waals surface area (Å²) in [7, 11) is 0. The number of carbonyl (C=O) groups excluding carboxylic acids is 1. The molecule has 1 amide bonds. The lowest BCUT2D eigenvalue weighted by atomic mass is 9.97. The fourth-order valence-electron chi connectivity index (χ4n) is 3.48. The van der Waals surface area contributed by atoms with Crippen molar-refractivity contribution in [1.29, 1.82) is 0 Å². The highest BCUT2D eigenvalue weighted by molar-refractivity contribution is 7.09. The summed E-state index contributed by atoms with van der Waals surface area (Å²) in [6.45, 7) is 2.12. The Hall–Kier alpha value is -2.51. The number of rotatable bonds is 6. The lowest BCUT2D eigenvalue weighted by molar-refractivity contribution is -0.125. The Labute approximate surface area is 179 Å². The summed E-state index contributed by atoms with van der Waals surface area (Å²) < 4.78 is 0. The number of hydrogen-bond donors (Lipinski definition) is 1. The summed E-state index contributed by atoms with van der Waals surface area (Å²) in [4.78, 5) is 19.4. The average Bonchev–Trinajstić information content (AvgIpc) is 3.24. The molecule has 3 aromatic rings. The zero-order valence-corrected chi connectivity index (χ0v) is 17.5. The molecule has 1 aromatic carbocycles. The van der Waals surface area contributed by atoms with E-state index in [1.165, 1.54) is 0 Å². The van der Waals surface area contributed by atoms with Crippen LogP contribution in [0.5, 0.6) is 0 Å². The number of nitrogens with one attached hydrogen (secondary N) is 1. The Morgan fingerprint density at radius 2 is 2.07 bits per heavy atom. The second-order valence-corrected chi connectivity index (χ2v) is 8.36. The van der Waals surface area contributed by atoms with Crippen LogP contribution >= 0.6 is 22.9 Å². The largest absolute Gasteiger partial charge is 0.355 e. The molecule has 1 saturated heterocycles. The zero-order chi connectivity index (χ0) is 20.1. The van der Waals surface area contributed by atoms with Gasteiger partial charge < -0.3 is 10.2 Å². The van der Waals surface area contributed by atoms with Crippen LogP contribution in [0.3, 0.4) is 0 Å². The first-order chi connectivity index (χ1) is 14.2. The van der Waals surface area contributed by atoms with E-state index in [1.807, 2.05) is 24.3 Å². The van der Waals surface area contributed by atoms with Crippen LogP contribution in [0.25, 0.3) is 11.3 Å². The topological polar surface area (TPSA) is 71.0 Å². The highest BCUT2D eigenvalue weighted by Crippen LogP contribution is 2.23. The second kappa shape index (κ2) is 9.33. The van der Waals surface area contributed by atoms with Gasteiger partial charge in [-0.25, -0.2) is 4.98 Å². The average molecular weight is 428 g/mol. The third-order valence-corrected chi connectivity index (χ3v) is 6.10. The van der Waals surface area contributed by atoms with Crippen molar-refractivity contribution in [3.8, 4) is 11.3 Å². The molecule has 0 spiro atoms. The third kappa shape index (κ3) is 5.10. The molecule has 150 valence electrons. The summed E-state index contributed by atoms with van der Waals surface area (Å²) in [5.41, 5.74) is 2.11. The van der Waals surface area contributed by atoms with Crippen LogP contribution in [0.2, 0.25) is 5.15 Å². The molecule has 1 fully saturated rings. The molecule has 0 radical (unpaired) electrons. The molecule has 1 N–H and O–H groups in total. The monoisotopic (exact) mass is 427 g/mol. The van der Waals surface area contributed by atoms with Crippen LogP contribution in [0.1, 0.15) is 17.8 Å². The summed E-state index contributed by atoms with van der Waals surface area (Å²) in [5, 5.41) is 14.6. The molecule has 3 heterocycles. The van der Waals surface area contributed by atoms with Crippen LogP contribution in [0.4, 0.5) is 5.82 Å². The van der Waals surface area contributed by atoms with Gasteiger partial charge >= 0.3 is 0 Å². The van der Waals surface area contributed by atoms with Gasteiger partial charge in [0.1, 0.15) is 0 Å². The highest BCUT2D eigenvalue weighted by Gasteiger charge is 2.26. The molecule has 0 aliphatic carbocycles. The molecule has 0 unspecified atom stereocenters. The molecule has 4 rings (SSSR count). The van der Waals surface area contributed by atoms with E-state index in [0.29, 0.717) is 18.2 Å². The minimum atomic E-state index is -0.0441. The summed E-state index contributed by atoms with van der Waals surface area (Å²) in [6.07, 6.45) is 2.58. The number of amides is 1. The maximum absolute atomic E-state index is 12.6. The maximum Gasteiger partial charge on any atom is 0.224 e. The van der Waals surface area contributed by atoms with Crippen molar-refractivity contribution in [1.82, 2.24) is 20.5 Å². The van der Waals surface area contributed by atoms with E-state index in [9.17, 15) is 4.79 Å². The molecule has 1 aliphatic rings. The quantitative estimate of drug-likeness (QED) is 0.647. The van der Waals surface area contributed by atoms with Gasteiger partial charge in [0.15, 0.2) is 11.0 Å². The second-order valence-electron chi connectivity index (χ2n) is 7.03. The van der Waals surface area contributed by atoms with Crippen molar-refractivity contribution < 1.29 is 4.79 Å². The Balaban J connectivity index is 1.27. The third-order valence-electron chi connectivity index (χ3n) is 4.99. The number of anilines is 1. The van der Waals surface area contributed by atoms with E-state index >= 15 is 0 Å². The summed E-state index contributed by atoms with van der Waals surface area (Å²) in [6, 6.07) is 13.7. The first-order valence-electron chi connectivity index (χ1n) is 9.71. The Kier molecular flexibility index (Phi) is 6.36. The number of halogens is 1. The molecule has 2 aromatic heterocycles. The predicted octanol–water partition coefficient (Wildman–Crippen LogP) is 3.83. The number of thiazole rings is 1. The van der Waals surface area contributed by atoms with Crippen molar-refractivity contribution in [2.24, 2.45) is 5.92 Å². The van der Waals surface area contributed by atoms with Gasteiger partial charge in [0.2, 0.25) is 5.91 Å². The lowest BCUT2D eigenvalue weighted by Crippen LogP contribution is -2.43. The molecule has 8 heteroatoms. The van der Waals surface area contributed by atoms with Crippen LogP contribution in [-0.4, -0.2) is 40.7 Å². The zero-order valence-electron chi connectivity index (χ0n) is 15.9. The molecule has 0 saturated carbocycles. The van der Waals surface area contributed by atoms with Gasteiger partial charge in [-0.1, -0.05) is 41.9 Å². The Morgan fingerprint density at radius 1 is 1.21 bits per heavy atom. The van der Waals surface area contributed by atoms with Crippen LogP contribution < -0.4 is 10.2 Å². The first-order valence-corrected chi connectivity index (χ1v) is 11.0. The molecule has 1 atom stereocenters. The van der Waals surface area contributed by atoms with Gasteiger partial charge in [0.05, 0.1) is 16.6 Å². The van der Waals surface area contributed by atoms with Gasteiger partial charge in [0.25, 0.3) is 0 Å². The summed E-state index contributed by atoms with van der Waals surface area (Å²) in [5.74, 6) is 0.817. The number of carbonyl (C=O) groups is 1. The van der Waals surface area contributed by atoms with Gasteiger partial charge in [0, 0.05) is 37.0 Å². The minimum absolute atomic E-state index is 0.0441. The minimum Gasteiger partial charge on any atom is -0.355 e. The molecular formula is C21H22ClN5OS. The van der Waals surface area contributed by atoms with Gasteiger partial charge in [-0.3, -0.25) is 4.79 Å². The van der Waals surface area contributed by atoms with Crippen molar-refractivity contribution in [2.45, 2.75) is 19.3 Å². The van der Waals surface area contributed by atoms with Crippen LogP contribution in [-0.2, 0) is 11.2 Å². The number of hydrogen-bond acceptors (Lipinski definition) is 6. The molecular weight excluding hydrogens is 406 g/mol. The van der Waals surface area contributed by atoms with E-state index < -0.39 is 0 Å². The predicted molar refractivity (Wildman–Crippen MR) is 116 cm³/mol. The number of nitrogens with zero attached hydrogens (tertiary/aromatic N) is 4. The number of aromatic nitrogens is 3. The van der Waals surface area contributed by atoms with E-state index in [-0.39, 0.29) is 11.8 Å². The van der Waals surface area contributed by atoms with E-state index in [2.05, 4.69) is 42.9 Å². The Morgan fingerprint density at radius 3 is 2.86 bits per heavy atom. The van der Waals surface area contributed by atoms with Gasteiger partial charge in [-0.05, 0) is 25.0 Å². The smallest absolute Gasteiger partial charge is 0.224 e. The highest BCUT2D eigenvalue weighted by atomic mass is 35.5. The fraction of sp³-hybridized carbons (Fsp3) is 0.333. The number of piperidine rings is 1. The van der Waals surface area contributed by atoms with Crippen molar-refractivity contribution in [3.63, 3.8) is 0 Å². The fourth-order valence-corrected chi connectivity index (χ4v) is 4.39. The van der Waals surface area contributed by atoms with E-state index in [1.54, 1.807) is 17.4 Å². The van der Waals surface area contributed by atoms with Crippen molar-refractivity contribution in [3.05, 3.63) is 58.0 Å². The first kappa shape index (κ1) is 19.8. The van der Waals surface area contributed by atoms with Crippen LogP contribution in [0.15, 0.2) is 47.8 Å². The molecule has 1 aliphatic heterocycles. The SMILES string of the molecule is O=C(NCCc1nc(-c2ccccc2)cs1)[C@@H]1CCCN(c2ccc(Cl)nn2)C1. The Bertz CT molecular complexity index is 947.